The first-order chi connectivity index (χ1) is 9.97. The molecule has 0 radical (unpaired) electrons. The van der Waals surface area contributed by atoms with Gasteiger partial charge in [0.2, 0.25) is 5.91 Å². The van der Waals surface area contributed by atoms with E-state index in [1.54, 1.807) is 0 Å². The second-order valence-corrected chi connectivity index (χ2v) is 5.15. The standard InChI is InChI=1S/C14H20ClN3O3/c1-3-7-17(8-4-2)10-14(19)16-13-6-5-11(18(20)21)9-12(13)15/h5-6,9H,3-4,7-8,10H2,1-2H3,(H,16,19). The molecule has 0 aliphatic heterocycles. The van der Waals surface area contributed by atoms with Gasteiger partial charge in [-0.1, -0.05) is 25.4 Å². The molecule has 1 aromatic carbocycles. The molecule has 6 nitrogen and oxygen atoms in total. The van der Waals surface area contributed by atoms with Crippen LogP contribution in [-0.2, 0) is 4.79 Å². The predicted molar refractivity (Wildman–Crippen MR) is 83.8 cm³/mol. The highest BCUT2D eigenvalue weighted by molar-refractivity contribution is 6.34. The number of amides is 1. The van der Waals surface area contributed by atoms with Crippen molar-refractivity contribution in [1.29, 1.82) is 0 Å². The van der Waals surface area contributed by atoms with E-state index >= 15 is 0 Å². The number of rotatable bonds is 8. The normalized spacial score (nSPS) is 10.7. The number of anilines is 1. The van der Waals surface area contributed by atoms with Gasteiger partial charge >= 0.3 is 0 Å². The zero-order valence-electron chi connectivity index (χ0n) is 12.3. The molecule has 1 amide bonds. The second kappa shape index (κ2) is 8.59. The minimum Gasteiger partial charge on any atom is -0.324 e. The Labute approximate surface area is 129 Å². The summed E-state index contributed by atoms with van der Waals surface area (Å²) in [5.74, 6) is -0.173. The third-order valence-electron chi connectivity index (χ3n) is 2.88. The van der Waals surface area contributed by atoms with E-state index in [4.69, 9.17) is 11.6 Å². The number of benzene rings is 1. The summed E-state index contributed by atoms with van der Waals surface area (Å²) in [6.07, 6.45) is 1.96. The van der Waals surface area contributed by atoms with Crippen LogP contribution in [0.1, 0.15) is 26.7 Å². The van der Waals surface area contributed by atoms with Crippen LogP contribution in [0.25, 0.3) is 0 Å². The molecule has 0 atom stereocenters. The van der Waals surface area contributed by atoms with Gasteiger partial charge in [-0.25, -0.2) is 0 Å². The molecule has 7 heteroatoms. The number of carbonyl (C=O) groups excluding carboxylic acids is 1. The number of carbonyl (C=O) groups is 1. The van der Waals surface area contributed by atoms with Crippen LogP contribution in [0, 0.1) is 10.1 Å². The molecule has 0 unspecified atom stereocenters. The molecule has 0 fully saturated rings. The molecule has 0 heterocycles. The van der Waals surface area contributed by atoms with E-state index in [1.165, 1.54) is 18.2 Å². The maximum Gasteiger partial charge on any atom is 0.271 e. The Kier molecular flexibility index (Phi) is 7.11. The van der Waals surface area contributed by atoms with Gasteiger partial charge in [-0.05, 0) is 32.0 Å². The van der Waals surface area contributed by atoms with E-state index in [1.807, 2.05) is 0 Å². The highest BCUT2D eigenvalue weighted by Crippen LogP contribution is 2.26. The van der Waals surface area contributed by atoms with E-state index in [0.717, 1.165) is 25.9 Å². The third-order valence-corrected chi connectivity index (χ3v) is 3.20. The lowest BCUT2D eigenvalue weighted by Crippen LogP contribution is -2.34. The molecule has 116 valence electrons. The van der Waals surface area contributed by atoms with Crippen LogP contribution in [0.2, 0.25) is 5.02 Å². The molecule has 0 bridgehead atoms. The summed E-state index contributed by atoms with van der Waals surface area (Å²) in [6, 6.07) is 3.99. The van der Waals surface area contributed by atoms with Gasteiger partial charge in [0, 0.05) is 12.1 Å². The van der Waals surface area contributed by atoms with Crippen LogP contribution < -0.4 is 5.32 Å². The lowest BCUT2D eigenvalue weighted by molar-refractivity contribution is -0.384. The van der Waals surface area contributed by atoms with Crippen molar-refractivity contribution in [2.24, 2.45) is 0 Å². The first-order valence-corrected chi connectivity index (χ1v) is 7.31. The molecule has 0 saturated carbocycles. The first-order valence-electron chi connectivity index (χ1n) is 6.94. The highest BCUT2D eigenvalue weighted by atomic mass is 35.5. The SMILES string of the molecule is CCCN(CCC)CC(=O)Nc1ccc([N+](=O)[O-])cc1Cl. The largest absolute Gasteiger partial charge is 0.324 e. The number of hydrogen-bond acceptors (Lipinski definition) is 4. The highest BCUT2D eigenvalue weighted by Gasteiger charge is 2.13. The van der Waals surface area contributed by atoms with Crippen molar-refractivity contribution in [1.82, 2.24) is 4.90 Å². The lowest BCUT2D eigenvalue weighted by atomic mass is 10.2. The van der Waals surface area contributed by atoms with E-state index in [2.05, 4.69) is 24.1 Å². The fraction of sp³-hybridized carbons (Fsp3) is 0.500. The summed E-state index contributed by atoms with van der Waals surface area (Å²) >= 11 is 5.94. The first kappa shape index (κ1) is 17.4. The molecule has 0 aliphatic rings. The van der Waals surface area contributed by atoms with Crippen molar-refractivity contribution >= 4 is 28.9 Å². The van der Waals surface area contributed by atoms with Crippen LogP contribution in [0.15, 0.2) is 18.2 Å². The van der Waals surface area contributed by atoms with Gasteiger partial charge in [0.25, 0.3) is 5.69 Å². The fourth-order valence-corrected chi connectivity index (χ4v) is 2.24. The second-order valence-electron chi connectivity index (χ2n) is 4.75. The minimum absolute atomic E-state index is 0.100. The summed E-state index contributed by atoms with van der Waals surface area (Å²) in [5.41, 5.74) is 0.289. The molecule has 0 aromatic heterocycles. The van der Waals surface area contributed by atoms with Gasteiger partial charge in [-0.15, -0.1) is 0 Å². The number of non-ortho nitro benzene ring substituents is 1. The number of nitro benzene ring substituents is 1. The summed E-state index contributed by atoms with van der Waals surface area (Å²) in [4.78, 5) is 24.2. The average molecular weight is 314 g/mol. The quantitative estimate of drug-likeness (QED) is 0.590. The molecule has 1 aromatic rings. The molecule has 1 rings (SSSR count). The number of nitro groups is 1. The lowest BCUT2D eigenvalue weighted by Gasteiger charge is -2.20. The number of nitrogens with one attached hydrogen (secondary N) is 1. The predicted octanol–water partition coefficient (Wildman–Crippen LogP) is 3.31. The molecule has 21 heavy (non-hydrogen) atoms. The van der Waals surface area contributed by atoms with Gasteiger partial charge in [0.1, 0.15) is 0 Å². The van der Waals surface area contributed by atoms with Crippen LogP contribution in [0.3, 0.4) is 0 Å². The molecule has 1 N–H and O–H groups in total. The van der Waals surface area contributed by atoms with Crippen molar-refractivity contribution in [3.8, 4) is 0 Å². The van der Waals surface area contributed by atoms with Crippen LogP contribution in [-0.4, -0.2) is 35.4 Å². The Balaban J connectivity index is 2.67. The van der Waals surface area contributed by atoms with Crippen molar-refractivity contribution in [3.05, 3.63) is 33.3 Å². The van der Waals surface area contributed by atoms with Crippen molar-refractivity contribution < 1.29 is 9.72 Å². The maximum atomic E-state index is 12.0. The topological polar surface area (TPSA) is 75.5 Å². The van der Waals surface area contributed by atoms with Gasteiger partial charge in [-0.3, -0.25) is 19.8 Å². The van der Waals surface area contributed by atoms with Crippen molar-refractivity contribution in [3.63, 3.8) is 0 Å². The molecule has 0 aliphatic carbocycles. The summed E-state index contributed by atoms with van der Waals surface area (Å²) < 4.78 is 0. The van der Waals surface area contributed by atoms with Gasteiger partial charge in [0.05, 0.1) is 22.2 Å². The summed E-state index contributed by atoms with van der Waals surface area (Å²) in [5, 5.41) is 13.5. The Morgan fingerprint density at radius 2 is 1.95 bits per heavy atom. The monoisotopic (exact) mass is 313 g/mol. The summed E-state index contributed by atoms with van der Waals surface area (Å²) in [6.45, 7) is 6.13. The van der Waals surface area contributed by atoms with Crippen molar-refractivity contribution in [2.45, 2.75) is 26.7 Å². The fourth-order valence-electron chi connectivity index (χ4n) is 2.01. The molecule has 0 saturated heterocycles. The molecular formula is C14H20ClN3O3. The zero-order chi connectivity index (χ0) is 15.8. The van der Waals surface area contributed by atoms with E-state index < -0.39 is 4.92 Å². The number of halogens is 1. The average Bonchev–Trinajstić information content (AvgIpc) is 2.41. The van der Waals surface area contributed by atoms with E-state index in [0.29, 0.717) is 5.69 Å². The Morgan fingerprint density at radius 1 is 1.33 bits per heavy atom. The van der Waals surface area contributed by atoms with E-state index in [9.17, 15) is 14.9 Å². The molecule has 0 spiro atoms. The van der Waals surface area contributed by atoms with Gasteiger partial charge < -0.3 is 5.32 Å². The Morgan fingerprint density at radius 3 is 2.43 bits per heavy atom. The van der Waals surface area contributed by atoms with Crippen LogP contribution in [0.5, 0.6) is 0 Å². The maximum absolute atomic E-state index is 12.0. The number of nitrogens with zero attached hydrogens (tertiary/aromatic N) is 2. The summed E-state index contributed by atoms with van der Waals surface area (Å²) in [7, 11) is 0. The van der Waals surface area contributed by atoms with E-state index in [-0.39, 0.29) is 23.2 Å². The van der Waals surface area contributed by atoms with Crippen LogP contribution in [0.4, 0.5) is 11.4 Å². The minimum atomic E-state index is -0.526. The van der Waals surface area contributed by atoms with Gasteiger partial charge in [0.15, 0.2) is 0 Å². The van der Waals surface area contributed by atoms with Gasteiger partial charge in [-0.2, -0.15) is 0 Å². The Bertz CT molecular complexity index is 502. The van der Waals surface area contributed by atoms with Crippen molar-refractivity contribution in [2.75, 3.05) is 25.0 Å². The number of hydrogen-bond donors (Lipinski definition) is 1. The Hall–Kier alpha value is -1.66. The third kappa shape index (κ3) is 5.69. The zero-order valence-corrected chi connectivity index (χ0v) is 13.0. The van der Waals surface area contributed by atoms with Crippen LogP contribution >= 0.6 is 11.6 Å². The smallest absolute Gasteiger partial charge is 0.271 e. The molecular weight excluding hydrogens is 294 g/mol.